The normalized spacial score (nSPS) is 14.1. The Morgan fingerprint density at radius 1 is 1.17 bits per heavy atom. The molecule has 9 nitrogen and oxygen atoms in total. The van der Waals surface area contributed by atoms with Crippen LogP contribution in [0.25, 0.3) is 6.08 Å². The number of anilines is 1. The molecule has 30 heavy (non-hydrogen) atoms. The van der Waals surface area contributed by atoms with Crippen molar-refractivity contribution in [3.8, 4) is 5.75 Å². The zero-order valence-electron chi connectivity index (χ0n) is 16.2. The first kappa shape index (κ1) is 21.8. The summed E-state index contributed by atoms with van der Waals surface area (Å²) < 4.78 is 59.4. The van der Waals surface area contributed by atoms with Crippen LogP contribution >= 0.6 is 0 Å². The van der Waals surface area contributed by atoms with Gasteiger partial charge in [-0.3, -0.25) is 4.31 Å². The molecule has 0 saturated heterocycles. The van der Waals surface area contributed by atoms with Crippen molar-refractivity contribution in [2.24, 2.45) is 0 Å². The lowest BCUT2D eigenvalue weighted by molar-refractivity contribution is -0.131. The highest BCUT2D eigenvalue weighted by Crippen LogP contribution is 2.37. The Balaban J connectivity index is 2.06. The van der Waals surface area contributed by atoms with Crippen molar-refractivity contribution < 1.29 is 31.5 Å². The largest absolute Gasteiger partial charge is 0.495 e. The number of methoxy groups -OCH3 is 1. The molecule has 1 heterocycles. The molecule has 11 heteroatoms. The highest BCUT2D eigenvalue weighted by Gasteiger charge is 2.33. The fourth-order valence-electron chi connectivity index (χ4n) is 3.17. The van der Waals surface area contributed by atoms with Crippen molar-refractivity contribution in [3.63, 3.8) is 0 Å². The van der Waals surface area contributed by atoms with E-state index in [1.807, 2.05) is 0 Å². The van der Waals surface area contributed by atoms with E-state index in [4.69, 9.17) is 9.84 Å². The number of rotatable bonds is 7. The fraction of sp³-hybridized carbons (Fsp3) is 0.211. The first-order chi connectivity index (χ1) is 14.1. The quantitative estimate of drug-likeness (QED) is 0.608. The lowest BCUT2D eigenvalue weighted by Crippen LogP contribution is -2.29. The SMILES string of the molecule is CNS(=O)(=O)c1ccc2c(c1)CCN2S(=O)(=O)c1cc(/C=C/C(=O)O)ccc1OC. The summed E-state index contributed by atoms with van der Waals surface area (Å²) in [5, 5.41) is 8.80. The first-order valence-corrected chi connectivity index (χ1v) is 11.7. The van der Waals surface area contributed by atoms with Gasteiger partial charge in [0, 0.05) is 12.6 Å². The van der Waals surface area contributed by atoms with Crippen molar-refractivity contribution in [1.82, 2.24) is 4.72 Å². The lowest BCUT2D eigenvalue weighted by Gasteiger charge is -2.21. The molecule has 0 radical (unpaired) electrons. The van der Waals surface area contributed by atoms with Crippen LogP contribution in [0.15, 0.2) is 52.3 Å². The summed E-state index contributed by atoms with van der Waals surface area (Å²) in [6, 6.07) is 8.61. The average molecular weight is 453 g/mol. The van der Waals surface area contributed by atoms with Gasteiger partial charge >= 0.3 is 5.97 Å². The maximum Gasteiger partial charge on any atom is 0.328 e. The Morgan fingerprint density at radius 2 is 1.90 bits per heavy atom. The van der Waals surface area contributed by atoms with Gasteiger partial charge in [-0.1, -0.05) is 6.07 Å². The topological polar surface area (TPSA) is 130 Å². The number of hydrogen-bond acceptors (Lipinski definition) is 6. The minimum Gasteiger partial charge on any atom is -0.495 e. The summed E-state index contributed by atoms with van der Waals surface area (Å²) in [6.07, 6.45) is 2.54. The number of aliphatic carboxylic acids is 1. The third-order valence-electron chi connectivity index (χ3n) is 4.66. The van der Waals surface area contributed by atoms with Crippen molar-refractivity contribution in [1.29, 1.82) is 0 Å². The van der Waals surface area contributed by atoms with Gasteiger partial charge in [0.05, 0.1) is 17.7 Å². The number of ether oxygens (including phenoxy) is 1. The van der Waals surface area contributed by atoms with Crippen LogP contribution in [0.3, 0.4) is 0 Å². The number of carboxylic acid groups (broad SMARTS) is 1. The van der Waals surface area contributed by atoms with Gasteiger partial charge in [-0.25, -0.2) is 26.4 Å². The van der Waals surface area contributed by atoms with Gasteiger partial charge in [-0.15, -0.1) is 0 Å². The lowest BCUT2D eigenvalue weighted by atomic mass is 10.2. The van der Waals surface area contributed by atoms with Crippen LogP contribution in [0.1, 0.15) is 11.1 Å². The molecule has 1 aliphatic heterocycles. The highest BCUT2D eigenvalue weighted by atomic mass is 32.2. The van der Waals surface area contributed by atoms with E-state index in [-0.39, 0.29) is 22.1 Å². The second kappa shape index (κ2) is 8.09. The molecule has 0 atom stereocenters. The number of fused-ring (bicyclic) bond motifs is 1. The molecule has 0 aromatic heterocycles. The maximum absolute atomic E-state index is 13.4. The number of benzene rings is 2. The van der Waals surface area contributed by atoms with Crippen LogP contribution in [-0.4, -0.2) is 48.6 Å². The minimum atomic E-state index is -4.05. The molecule has 0 spiro atoms. The van der Waals surface area contributed by atoms with Gasteiger partial charge in [0.25, 0.3) is 10.0 Å². The van der Waals surface area contributed by atoms with E-state index in [2.05, 4.69) is 4.72 Å². The Kier molecular flexibility index (Phi) is 5.88. The Hall–Kier alpha value is -2.89. The van der Waals surface area contributed by atoms with Crippen molar-refractivity contribution in [3.05, 3.63) is 53.6 Å². The summed E-state index contributed by atoms with van der Waals surface area (Å²) in [6.45, 7) is 0.138. The maximum atomic E-state index is 13.4. The van der Waals surface area contributed by atoms with Gasteiger partial charge < -0.3 is 9.84 Å². The van der Waals surface area contributed by atoms with Gasteiger partial charge in [-0.05, 0) is 61.0 Å². The van der Waals surface area contributed by atoms with Crippen LogP contribution in [0, 0.1) is 0 Å². The van der Waals surface area contributed by atoms with E-state index in [1.54, 1.807) is 6.07 Å². The summed E-state index contributed by atoms with van der Waals surface area (Å²) in [5.74, 6) is -1.04. The molecule has 1 aliphatic rings. The van der Waals surface area contributed by atoms with Gasteiger partial charge in [0.1, 0.15) is 10.6 Å². The molecule has 2 aromatic carbocycles. The molecule has 3 rings (SSSR count). The third-order valence-corrected chi connectivity index (χ3v) is 7.90. The van der Waals surface area contributed by atoms with E-state index in [1.165, 1.54) is 54.9 Å². The summed E-state index contributed by atoms with van der Waals surface area (Å²) >= 11 is 0. The van der Waals surface area contributed by atoms with E-state index in [0.29, 0.717) is 23.2 Å². The molecule has 2 aromatic rings. The summed E-state index contributed by atoms with van der Waals surface area (Å²) in [5.41, 5.74) is 1.36. The highest BCUT2D eigenvalue weighted by molar-refractivity contribution is 7.93. The number of carbonyl (C=O) groups is 1. The third kappa shape index (κ3) is 4.04. The van der Waals surface area contributed by atoms with Gasteiger partial charge in [0.15, 0.2) is 0 Å². The zero-order chi connectivity index (χ0) is 22.1. The zero-order valence-corrected chi connectivity index (χ0v) is 17.8. The van der Waals surface area contributed by atoms with Crippen molar-refractivity contribution in [2.75, 3.05) is 25.0 Å². The molecule has 0 aliphatic carbocycles. The van der Waals surface area contributed by atoms with E-state index < -0.39 is 26.0 Å². The Morgan fingerprint density at radius 3 is 2.53 bits per heavy atom. The van der Waals surface area contributed by atoms with E-state index >= 15 is 0 Å². The average Bonchev–Trinajstić information content (AvgIpc) is 3.16. The van der Waals surface area contributed by atoms with Crippen molar-refractivity contribution >= 4 is 37.8 Å². The van der Waals surface area contributed by atoms with Crippen LogP contribution in [-0.2, 0) is 31.3 Å². The monoisotopic (exact) mass is 452 g/mol. The van der Waals surface area contributed by atoms with Crippen molar-refractivity contribution in [2.45, 2.75) is 16.2 Å². The smallest absolute Gasteiger partial charge is 0.328 e. The molecule has 0 bridgehead atoms. The van der Waals surface area contributed by atoms with Gasteiger partial charge in [0.2, 0.25) is 10.0 Å². The second-order valence-corrected chi connectivity index (χ2v) is 10.1. The first-order valence-electron chi connectivity index (χ1n) is 8.78. The molecule has 0 amide bonds. The van der Waals surface area contributed by atoms with Crippen LogP contribution in [0.2, 0.25) is 0 Å². The number of nitrogens with zero attached hydrogens (tertiary/aromatic N) is 1. The van der Waals surface area contributed by atoms with E-state index in [9.17, 15) is 21.6 Å². The molecule has 160 valence electrons. The summed E-state index contributed by atoms with van der Waals surface area (Å²) in [7, 11) is -5.05. The Bertz CT molecular complexity index is 1240. The Labute approximate surface area is 174 Å². The number of hydrogen-bond donors (Lipinski definition) is 2. The predicted molar refractivity (Wildman–Crippen MR) is 111 cm³/mol. The number of carboxylic acids is 1. The fourth-order valence-corrected chi connectivity index (χ4v) is 5.64. The molecule has 0 fully saturated rings. The molecule has 0 saturated carbocycles. The second-order valence-electron chi connectivity index (χ2n) is 6.41. The molecular formula is C19H20N2O7S2. The number of nitrogens with one attached hydrogen (secondary N) is 1. The standard InChI is InChI=1S/C19H20N2O7S2/c1-20-29(24,25)15-5-6-16-14(12-15)9-10-21(16)30(26,27)18-11-13(4-8-19(22)23)3-7-17(18)28-2/h3-8,11-12,20H,9-10H2,1-2H3,(H,22,23)/b8-4+. The minimum absolute atomic E-state index is 0.0568. The molecule has 2 N–H and O–H groups in total. The summed E-state index contributed by atoms with van der Waals surface area (Å²) in [4.78, 5) is 10.7. The molecular weight excluding hydrogens is 432 g/mol. The number of sulfonamides is 2. The molecule has 0 unspecified atom stereocenters. The van der Waals surface area contributed by atoms with Gasteiger partial charge in [-0.2, -0.15) is 0 Å². The predicted octanol–water partition coefficient (Wildman–Crippen LogP) is 1.45. The van der Waals surface area contributed by atoms with Crippen LogP contribution in [0.5, 0.6) is 5.75 Å². The van der Waals surface area contributed by atoms with Crippen LogP contribution in [0.4, 0.5) is 5.69 Å². The van der Waals surface area contributed by atoms with Crippen LogP contribution < -0.4 is 13.8 Å². The van der Waals surface area contributed by atoms with E-state index in [0.717, 1.165) is 6.08 Å².